The summed E-state index contributed by atoms with van der Waals surface area (Å²) in [5.74, 6) is -0.586. The molecule has 0 bridgehead atoms. The van der Waals surface area contributed by atoms with Gasteiger partial charge in [-0.05, 0) is 150 Å². The number of halogens is 3. The molecule has 0 saturated carbocycles. The molecule has 0 aliphatic rings. The van der Waals surface area contributed by atoms with E-state index in [1.165, 1.54) is 42.5 Å². The van der Waals surface area contributed by atoms with Crippen LogP contribution in [0.15, 0.2) is 265 Å². The minimum Gasteiger partial charge on any atom is -0.478 e. The minimum atomic E-state index is -3.92. The van der Waals surface area contributed by atoms with Gasteiger partial charge < -0.3 is 45.7 Å². The van der Waals surface area contributed by atoms with Gasteiger partial charge in [0.1, 0.15) is 0 Å². The molecule has 0 aliphatic carbocycles. The highest BCUT2D eigenvalue weighted by atomic mass is 35.5. The average Bonchev–Trinajstić information content (AvgIpc) is 1.63. The molecular formula is C72H67Cl3N14O11S4. The van der Waals surface area contributed by atoms with Crippen LogP contribution in [-0.4, -0.2) is 131 Å². The maximum atomic E-state index is 13.2. The Morgan fingerprint density at radius 2 is 0.885 bits per heavy atom. The highest BCUT2D eigenvalue weighted by Gasteiger charge is 2.21. The average molecular weight is 1540 g/mol. The largest absolute Gasteiger partial charge is 0.478 e. The molecule has 536 valence electrons. The first-order valence-corrected chi connectivity index (χ1v) is 35.7. The first-order chi connectivity index (χ1) is 49.5. The maximum Gasteiger partial charge on any atom is 0.335 e. The molecule has 1 amide bonds. The number of nitrogens with zero attached hydrogens (tertiary/aromatic N) is 8. The van der Waals surface area contributed by atoms with Gasteiger partial charge in [0, 0.05) is 93.7 Å². The van der Waals surface area contributed by atoms with Crippen LogP contribution in [0.4, 0.5) is 46.0 Å². The second kappa shape index (κ2) is 38.7. The normalized spacial score (nSPS) is 11.0. The van der Waals surface area contributed by atoms with Crippen molar-refractivity contribution >= 4 is 159 Å². The lowest BCUT2D eigenvalue weighted by Crippen LogP contribution is -2.14. The molecule has 12 rings (SSSR count). The zero-order valence-electron chi connectivity index (χ0n) is 55.6. The standard InChI is InChI=1S/C36H32ClN7O3S.C30H23ClN6O2S.C6H11NO2.ClH.2O2S/c1-43(2)21-9-16-34(45)39-25-17-19-29(20-18-25)48(46,47)42-27-11-8-10-26(22-27)40-36-38-23-32(37)35(41-36)31-24-44(28-12-4-3-5-13-28)33-15-7-6-14-30(31)33;31-27-18-33-30(34-21-7-6-8-22(17-21)36-40(38,39)24-15-13-20(32)14-16-24)35-29(27)26-19-37(23-9-2-1-3-10-23)28-12-5-4-11-25(26)28;1-7(2)5-3-4-6(8)9;;2*1-3-2/h3-20,22-24,42H,21H2,1-2H3,(H,39,45)(H,38,40,41);1-19,36H,32H2,(H,33,34,35);3-4H,5H2,1-2H3,(H,8,9);1H;;/b16-9+;;4-3+;;;. The summed E-state index contributed by atoms with van der Waals surface area (Å²) in [6.45, 7) is 1.30. The second-order valence-electron chi connectivity index (χ2n) is 22.3. The zero-order valence-corrected chi connectivity index (χ0v) is 61.2. The van der Waals surface area contributed by atoms with E-state index in [0.29, 0.717) is 80.5 Å². The quantitative estimate of drug-likeness (QED) is 0.0259. The zero-order chi connectivity index (χ0) is 74.1. The highest BCUT2D eigenvalue weighted by molar-refractivity contribution is 7.93. The number of carboxylic acid groups (broad SMARTS) is 1. The highest BCUT2D eigenvalue weighted by Crippen LogP contribution is 2.38. The van der Waals surface area contributed by atoms with Crippen molar-refractivity contribution in [2.75, 3.05) is 72.4 Å². The van der Waals surface area contributed by atoms with Gasteiger partial charge >= 0.3 is 29.1 Å². The van der Waals surface area contributed by atoms with Crippen LogP contribution >= 0.6 is 35.6 Å². The minimum absolute atomic E-state index is 0. The number of likely N-dealkylation sites (N-methyl/N-ethyl adjacent to an activating group) is 2. The van der Waals surface area contributed by atoms with Crippen molar-refractivity contribution in [2.24, 2.45) is 0 Å². The molecule has 0 radical (unpaired) electrons. The van der Waals surface area contributed by atoms with Crippen LogP contribution in [0.2, 0.25) is 10.0 Å². The van der Waals surface area contributed by atoms with Gasteiger partial charge in [0.2, 0.25) is 17.8 Å². The second-order valence-corrected chi connectivity index (χ2v) is 26.8. The molecule has 0 aliphatic heterocycles. The Hall–Kier alpha value is -11.3. The lowest BCUT2D eigenvalue weighted by molar-refractivity contribution is -0.131. The number of carbonyl (C=O) groups excluding carboxylic acids is 1. The van der Waals surface area contributed by atoms with Crippen LogP contribution in [0, 0.1) is 0 Å². The Balaban J connectivity index is 0.000000244. The van der Waals surface area contributed by atoms with Crippen LogP contribution in [0.3, 0.4) is 0 Å². The van der Waals surface area contributed by atoms with Crippen molar-refractivity contribution in [2.45, 2.75) is 9.79 Å². The molecule has 0 unspecified atom stereocenters. The number of nitrogens with two attached hydrogens (primary N) is 1. The van der Waals surface area contributed by atoms with Crippen LogP contribution in [0.5, 0.6) is 0 Å². The molecule has 104 heavy (non-hydrogen) atoms. The number of sulfonamides is 2. The van der Waals surface area contributed by atoms with Gasteiger partial charge in [-0.25, -0.2) is 41.6 Å². The van der Waals surface area contributed by atoms with Gasteiger partial charge in [-0.15, -0.1) is 12.4 Å². The molecular weight excluding hydrogens is 1470 g/mol. The van der Waals surface area contributed by atoms with Gasteiger partial charge in [0.05, 0.1) is 66.0 Å². The van der Waals surface area contributed by atoms with E-state index in [9.17, 15) is 26.4 Å². The van der Waals surface area contributed by atoms with Crippen LogP contribution < -0.4 is 31.1 Å². The number of benzene rings is 8. The number of rotatable bonds is 21. The van der Waals surface area contributed by atoms with Crippen molar-refractivity contribution in [3.05, 3.63) is 265 Å². The molecule has 0 spiro atoms. The summed E-state index contributed by atoms with van der Waals surface area (Å²) in [6.07, 6.45) is 13.0. The topological polar surface area (TPSA) is 345 Å². The van der Waals surface area contributed by atoms with Crippen molar-refractivity contribution in [3.8, 4) is 33.9 Å². The predicted octanol–water partition coefficient (Wildman–Crippen LogP) is 13.5. The fraction of sp³-hybridized carbons (Fsp3) is 0.0833. The van der Waals surface area contributed by atoms with Gasteiger partial charge in [-0.2, -0.15) is 16.8 Å². The number of hydrogen-bond donors (Lipinski definition) is 7. The van der Waals surface area contributed by atoms with Crippen molar-refractivity contribution < 1.29 is 48.4 Å². The molecule has 4 aromatic heterocycles. The Bertz CT molecular complexity index is 5290. The number of carbonyl (C=O) groups is 2. The first kappa shape index (κ1) is 80.1. The summed E-state index contributed by atoms with van der Waals surface area (Å²) in [4.78, 5) is 44.2. The molecule has 32 heteroatoms. The number of aromatic nitrogens is 6. The number of nitrogen functional groups attached to an aromatic ring is 1. The van der Waals surface area contributed by atoms with E-state index >= 15 is 0 Å². The van der Waals surface area contributed by atoms with Crippen molar-refractivity contribution in [1.29, 1.82) is 0 Å². The number of fused-ring (bicyclic) bond motifs is 2. The lowest BCUT2D eigenvalue weighted by Gasteiger charge is -2.12. The van der Waals surface area contributed by atoms with E-state index in [-0.39, 0.29) is 28.1 Å². The van der Waals surface area contributed by atoms with Crippen molar-refractivity contribution in [1.82, 2.24) is 38.9 Å². The Kier molecular flexibility index (Phi) is 29.8. The molecule has 25 nitrogen and oxygen atoms in total. The summed E-state index contributed by atoms with van der Waals surface area (Å²) in [5.41, 5.74) is 15.4. The van der Waals surface area contributed by atoms with E-state index in [0.717, 1.165) is 50.4 Å². The third-order valence-corrected chi connectivity index (χ3v) is 17.7. The number of hydrogen-bond acceptors (Lipinski definition) is 19. The Morgan fingerprint density at radius 3 is 1.29 bits per heavy atom. The molecule has 4 heterocycles. The van der Waals surface area contributed by atoms with Crippen LogP contribution in [0.1, 0.15) is 0 Å². The maximum absolute atomic E-state index is 13.2. The van der Waals surface area contributed by atoms with E-state index in [1.54, 1.807) is 85.2 Å². The van der Waals surface area contributed by atoms with Gasteiger partial charge in [0.25, 0.3) is 20.0 Å². The van der Waals surface area contributed by atoms with Gasteiger partial charge in [0.15, 0.2) is 0 Å². The fourth-order valence-electron chi connectivity index (χ4n) is 9.86. The number of carboxylic acids is 1. The smallest absolute Gasteiger partial charge is 0.335 e. The van der Waals surface area contributed by atoms with Crippen LogP contribution in [-0.2, 0) is 52.8 Å². The number of aliphatic carboxylic acids is 1. The first-order valence-electron chi connectivity index (χ1n) is 30.6. The van der Waals surface area contributed by atoms with Crippen molar-refractivity contribution in [3.63, 3.8) is 0 Å². The lowest BCUT2D eigenvalue weighted by atomic mass is 10.1. The third-order valence-electron chi connectivity index (χ3n) is 14.3. The summed E-state index contributed by atoms with van der Waals surface area (Å²) in [7, 11) is -0.149. The molecule has 0 saturated heterocycles. The summed E-state index contributed by atoms with van der Waals surface area (Å²) >= 11 is 11.8. The molecule has 0 fully saturated rings. The Morgan fingerprint density at radius 1 is 0.510 bits per heavy atom. The van der Waals surface area contributed by atoms with Gasteiger partial charge in [-0.1, -0.05) is 120 Å². The van der Waals surface area contributed by atoms with E-state index in [1.807, 2.05) is 154 Å². The molecule has 12 aromatic rings. The number of amides is 1. The van der Waals surface area contributed by atoms with Crippen LogP contribution in [0.25, 0.3) is 55.7 Å². The summed E-state index contributed by atoms with van der Waals surface area (Å²) < 4.78 is 94.6. The van der Waals surface area contributed by atoms with E-state index in [4.69, 9.17) is 60.8 Å². The number of para-hydroxylation sites is 4. The monoisotopic (exact) mass is 1540 g/mol. The fourth-order valence-corrected chi connectivity index (χ4v) is 12.3. The predicted molar refractivity (Wildman–Crippen MR) is 414 cm³/mol. The Labute approximate surface area is 622 Å². The number of anilines is 8. The summed E-state index contributed by atoms with van der Waals surface area (Å²) in [5, 5.41) is 20.0. The summed E-state index contributed by atoms with van der Waals surface area (Å²) in [6, 6.07) is 61.7. The third kappa shape index (κ3) is 22.9. The van der Waals surface area contributed by atoms with Gasteiger partial charge in [-0.3, -0.25) is 14.2 Å². The molecule has 8 N–H and O–H groups in total. The SMILES string of the molecule is CN(C)C/C=C/C(=O)Nc1ccc(S(=O)(=O)Nc2cccc(Nc3ncc(Cl)c(-c4cn(-c5ccccc5)c5ccccc45)n3)c2)cc1.CN(C)C/C=C/C(=O)O.Cl.Nc1ccc(S(=O)(=O)Nc2cccc(Nc3ncc(Cl)c(-c4cn(-c5ccccc5)c5ccccc45)n3)c2)cc1.O=S=O.O=S=O. The molecule has 0 atom stereocenters. The molecule has 8 aromatic carbocycles. The van der Waals surface area contributed by atoms with E-state index < -0.39 is 49.2 Å². The van der Waals surface area contributed by atoms with E-state index in [2.05, 4.69) is 50.6 Å². The number of nitrogens with one attached hydrogen (secondary N) is 5.